The van der Waals surface area contributed by atoms with E-state index in [-0.39, 0.29) is 5.56 Å². The van der Waals surface area contributed by atoms with Crippen molar-refractivity contribution >= 4 is 34.9 Å². The molecule has 0 bridgehead atoms. The van der Waals surface area contributed by atoms with Gasteiger partial charge in [-0.25, -0.2) is 4.79 Å². The van der Waals surface area contributed by atoms with Crippen LogP contribution in [0.2, 0.25) is 10.0 Å². The first-order valence-corrected chi connectivity index (χ1v) is 8.47. The number of carbonyl (C=O) groups is 1. The summed E-state index contributed by atoms with van der Waals surface area (Å²) >= 11 is 12.4. The highest BCUT2D eigenvalue weighted by Gasteiger charge is 2.13. The van der Waals surface area contributed by atoms with E-state index < -0.39 is 5.97 Å². The predicted octanol–water partition coefficient (Wildman–Crippen LogP) is 5.10. The summed E-state index contributed by atoms with van der Waals surface area (Å²) in [6, 6.07) is 8.08. The number of benzene rings is 2. The Kier molecular flexibility index (Phi) is 6.79. The maximum atomic E-state index is 11.1. The summed E-state index contributed by atoms with van der Waals surface area (Å²) in [5, 5.41) is 13.1. The van der Waals surface area contributed by atoms with E-state index in [1.165, 1.54) is 12.1 Å². The van der Waals surface area contributed by atoms with Gasteiger partial charge in [0.15, 0.2) is 11.5 Å². The molecule has 2 N–H and O–H groups in total. The van der Waals surface area contributed by atoms with Gasteiger partial charge in [0.25, 0.3) is 0 Å². The summed E-state index contributed by atoms with van der Waals surface area (Å²) in [7, 11) is 1.55. The van der Waals surface area contributed by atoms with Crippen molar-refractivity contribution in [3.05, 3.63) is 51.5 Å². The largest absolute Gasteiger partial charge is 0.493 e. The highest BCUT2D eigenvalue weighted by atomic mass is 35.5. The molecule has 0 aromatic heterocycles. The molecule has 0 unspecified atom stereocenters. The van der Waals surface area contributed by atoms with Gasteiger partial charge in [0.1, 0.15) is 0 Å². The minimum Gasteiger partial charge on any atom is -0.493 e. The van der Waals surface area contributed by atoms with Gasteiger partial charge >= 0.3 is 5.97 Å². The average molecular weight is 384 g/mol. The molecule has 0 saturated carbocycles. The molecule has 25 heavy (non-hydrogen) atoms. The number of carboxylic acids is 1. The van der Waals surface area contributed by atoms with Crippen molar-refractivity contribution in [1.82, 2.24) is 0 Å². The Hall–Kier alpha value is -2.11. The van der Waals surface area contributed by atoms with Gasteiger partial charge in [-0.1, -0.05) is 30.1 Å². The third-order valence-corrected chi connectivity index (χ3v) is 4.05. The molecule has 0 aliphatic heterocycles. The lowest BCUT2D eigenvalue weighted by molar-refractivity contribution is 0.0697. The van der Waals surface area contributed by atoms with Crippen LogP contribution in [0.4, 0.5) is 5.69 Å². The van der Waals surface area contributed by atoms with E-state index in [2.05, 4.69) is 5.32 Å². The van der Waals surface area contributed by atoms with Crippen LogP contribution in [0.15, 0.2) is 30.3 Å². The first kappa shape index (κ1) is 19.2. The van der Waals surface area contributed by atoms with Gasteiger partial charge in [-0.05, 0) is 42.3 Å². The lowest BCUT2D eigenvalue weighted by Gasteiger charge is -2.15. The number of ether oxygens (including phenoxy) is 2. The molecule has 0 aliphatic carbocycles. The fraction of sp³-hybridized carbons (Fsp3) is 0.278. The van der Waals surface area contributed by atoms with Crippen LogP contribution in [0, 0.1) is 0 Å². The molecule has 0 saturated heterocycles. The zero-order chi connectivity index (χ0) is 18.4. The Morgan fingerprint density at radius 3 is 2.60 bits per heavy atom. The molecular formula is C18H19Cl2NO4. The second-order valence-electron chi connectivity index (χ2n) is 5.31. The highest BCUT2D eigenvalue weighted by Crippen LogP contribution is 2.37. The molecule has 0 aliphatic rings. The van der Waals surface area contributed by atoms with E-state index in [1.807, 2.05) is 13.0 Å². The standard InChI is InChI=1S/C18H19Cl2NO4/c1-3-6-25-17-14(20)7-11(8-16(17)24-2)10-21-15-9-12(18(22)23)4-5-13(15)19/h4-5,7-9,21H,3,6,10H2,1-2H3,(H,22,23). The number of halogens is 2. The lowest BCUT2D eigenvalue weighted by atomic mass is 10.1. The summed E-state index contributed by atoms with van der Waals surface area (Å²) in [6.07, 6.45) is 0.862. The number of hydrogen-bond donors (Lipinski definition) is 2. The molecule has 0 spiro atoms. The van der Waals surface area contributed by atoms with Gasteiger partial charge in [0.2, 0.25) is 0 Å². The van der Waals surface area contributed by atoms with E-state index in [0.29, 0.717) is 40.4 Å². The number of nitrogens with one attached hydrogen (secondary N) is 1. The molecule has 0 heterocycles. The molecule has 0 fully saturated rings. The van der Waals surface area contributed by atoms with Crippen LogP contribution in [-0.2, 0) is 6.54 Å². The third kappa shape index (κ3) is 4.94. The van der Waals surface area contributed by atoms with E-state index in [9.17, 15) is 4.79 Å². The Morgan fingerprint density at radius 2 is 1.96 bits per heavy atom. The molecule has 2 aromatic rings. The van der Waals surface area contributed by atoms with Crippen LogP contribution in [0.25, 0.3) is 0 Å². The Bertz CT molecular complexity index is 765. The Balaban J connectivity index is 2.19. The molecule has 2 rings (SSSR count). The Labute approximate surface area is 156 Å². The monoisotopic (exact) mass is 383 g/mol. The van der Waals surface area contributed by atoms with Crippen molar-refractivity contribution in [2.45, 2.75) is 19.9 Å². The van der Waals surface area contributed by atoms with Gasteiger partial charge in [-0.2, -0.15) is 0 Å². The minimum atomic E-state index is -1.01. The van der Waals surface area contributed by atoms with Gasteiger partial charge in [-0.3, -0.25) is 0 Å². The molecule has 7 heteroatoms. The van der Waals surface area contributed by atoms with Crippen LogP contribution in [0.5, 0.6) is 11.5 Å². The molecule has 0 amide bonds. The SMILES string of the molecule is CCCOc1c(Cl)cc(CNc2cc(C(=O)O)ccc2Cl)cc1OC. The molecular weight excluding hydrogens is 365 g/mol. The molecule has 5 nitrogen and oxygen atoms in total. The van der Waals surface area contributed by atoms with Crippen molar-refractivity contribution < 1.29 is 19.4 Å². The number of rotatable bonds is 8. The maximum absolute atomic E-state index is 11.1. The Morgan fingerprint density at radius 1 is 1.20 bits per heavy atom. The van der Waals surface area contributed by atoms with Crippen LogP contribution < -0.4 is 14.8 Å². The number of hydrogen-bond acceptors (Lipinski definition) is 4. The fourth-order valence-corrected chi connectivity index (χ4v) is 2.68. The molecule has 0 radical (unpaired) electrons. The second kappa shape index (κ2) is 8.83. The number of aromatic carboxylic acids is 1. The fourth-order valence-electron chi connectivity index (χ4n) is 2.21. The van der Waals surface area contributed by atoms with Crippen molar-refractivity contribution in [2.75, 3.05) is 19.0 Å². The maximum Gasteiger partial charge on any atom is 0.335 e. The van der Waals surface area contributed by atoms with Crippen LogP contribution in [-0.4, -0.2) is 24.8 Å². The molecule has 134 valence electrons. The van der Waals surface area contributed by atoms with Crippen LogP contribution in [0.1, 0.15) is 29.3 Å². The highest BCUT2D eigenvalue weighted by molar-refractivity contribution is 6.33. The van der Waals surface area contributed by atoms with Crippen molar-refractivity contribution in [3.8, 4) is 11.5 Å². The topological polar surface area (TPSA) is 67.8 Å². The van der Waals surface area contributed by atoms with E-state index in [1.54, 1.807) is 19.2 Å². The van der Waals surface area contributed by atoms with E-state index >= 15 is 0 Å². The van der Waals surface area contributed by atoms with Gasteiger partial charge in [-0.15, -0.1) is 0 Å². The first-order valence-electron chi connectivity index (χ1n) is 7.72. The third-order valence-electron chi connectivity index (χ3n) is 3.44. The smallest absolute Gasteiger partial charge is 0.335 e. The zero-order valence-electron chi connectivity index (χ0n) is 13.9. The second-order valence-corrected chi connectivity index (χ2v) is 6.13. The zero-order valence-corrected chi connectivity index (χ0v) is 15.4. The summed E-state index contributed by atoms with van der Waals surface area (Å²) in [5.41, 5.74) is 1.54. The average Bonchev–Trinajstić information content (AvgIpc) is 2.59. The van der Waals surface area contributed by atoms with Crippen LogP contribution >= 0.6 is 23.2 Å². The van der Waals surface area contributed by atoms with Crippen LogP contribution in [0.3, 0.4) is 0 Å². The van der Waals surface area contributed by atoms with Gasteiger partial charge < -0.3 is 19.9 Å². The van der Waals surface area contributed by atoms with Crippen molar-refractivity contribution in [3.63, 3.8) is 0 Å². The number of methoxy groups -OCH3 is 1. The summed E-state index contributed by atoms with van der Waals surface area (Å²) < 4.78 is 11.0. The summed E-state index contributed by atoms with van der Waals surface area (Å²) in [4.78, 5) is 11.1. The van der Waals surface area contributed by atoms with Gasteiger partial charge in [0, 0.05) is 6.54 Å². The lowest BCUT2D eigenvalue weighted by Crippen LogP contribution is -2.04. The first-order chi connectivity index (χ1) is 12.0. The normalized spacial score (nSPS) is 10.4. The van der Waals surface area contributed by atoms with Gasteiger partial charge in [0.05, 0.1) is 35.0 Å². The number of anilines is 1. The van der Waals surface area contributed by atoms with E-state index in [4.69, 9.17) is 37.8 Å². The molecule has 0 atom stereocenters. The quantitative estimate of drug-likeness (QED) is 0.663. The molecule has 2 aromatic carbocycles. The van der Waals surface area contributed by atoms with Crippen molar-refractivity contribution in [2.24, 2.45) is 0 Å². The predicted molar refractivity (Wildman–Crippen MR) is 99.5 cm³/mol. The van der Waals surface area contributed by atoms with Crippen molar-refractivity contribution in [1.29, 1.82) is 0 Å². The number of carboxylic acid groups (broad SMARTS) is 1. The van der Waals surface area contributed by atoms with E-state index in [0.717, 1.165) is 12.0 Å². The minimum absolute atomic E-state index is 0.158. The summed E-state index contributed by atoms with van der Waals surface area (Å²) in [6.45, 7) is 2.95. The summed E-state index contributed by atoms with van der Waals surface area (Å²) in [5.74, 6) is 0.0469.